The number of nitrogens with one attached hydrogen (secondary N) is 1. The Morgan fingerprint density at radius 3 is 2.52 bits per heavy atom. The van der Waals surface area contributed by atoms with Crippen LogP contribution >= 0.6 is 0 Å². The third-order valence-electron chi connectivity index (χ3n) is 5.03. The van der Waals surface area contributed by atoms with Gasteiger partial charge in [-0.3, -0.25) is 0 Å². The Labute approximate surface area is 149 Å². The van der Waals surface area contributed by atoms with Crippen LogP contribution in [-0.2, 0) is 26.0 Å². The molecule has 3 rings (SSSR count). The second-order valence-corrected chi connectivity index (χ2v) is 25.1. The van der Waals surface area contributed by atoms with Crippen molar-refractivity contribution >= 4 is 11.8 Å². The summed E-state index contributed by atoms with van der Waals surface area (Å²) < 4.78 is 5.22. The Kier molecular flexibility index (Phi) is 7.94. The normalized spacial score (nSPS) is 28.9. The van der Waals surface area contributed by atoms with Gasteiger partial charge in [0, 0.05) is 0 Å². The molecule has 2 bridgehead atoms. The zero-order valence-corrected chi connectivity index (χ0v) is 17.9. The van der Waals surface area contributed by atoms with Crippen molar-refractivity contribution in [3.63, 3.8) is 0 Å². The number of fused-ring (bicyclic) bond motifs is 2. The Bertz CT molecular complexity index is 441. The molecule has 6 heteroatoms. The number of carbonyl (C=O) groups is 1. The van der Waals surface area contributed by atoms with E-state index in [1.165, 1.54) is 25.7 Å². The van der Waals surface area contributed by atoms with Crippen molar-refractivity contribution in [2.75, 3.05) is 0 Å². The molecule has 117 valence electrons. The van der Waals surface area contributed by atoms with Crippen LogP contribution < -0.4 is 28.1 Å². The van der Waals surface area contributed by atoms with Gasteiger partial charge in [-0.15, -0.1) is 0 Å². The molecule has 3 atom stereocenters. The second-order valence-electron chi connectivity index (χ2n) is 6.66. The van der Waals surface area contributed by atoms with Gasteiger partial charge in [-0.2, -0.15) is 0 Å². The van der Waals surface area contributed by atoms with Crippen LogP contribution in [-0.4, -0.2) is 11.8 Å². The SMILES string of the molecule is C[SiH](C)[Zr+2]([NH]C(=O)C1CC2CCC1C2)[C]1=CC=CC1.[Cl-].[Cl-]. The van der Waals surface area contributed by atoms with E-state index in [1.54, 1.807) is 3.28 Å². The van der Waals surface area contributed by atoms with Crippen molar-refractivity contribution in [2.24, 2.45) is 17.8 Å². The molecule has 2 fully saturated rings. The second kappa shape index (κ2) is 8.47. The summed E-state index contributed by atoms with van der Waals surface area (Å²) in [5.41, 5.74) is 0. The molecule has 21 heavy (non-hydrogen) atoms. The van der Waals surface area contributed by atoms with E-state index >= 15 is 0 Å². The predicted octanol–water partition coefficient (Wildman–Crippen LogP) is -3.09. The molecule has 0 aromatic carbocycles. The molecular weight excluding hydrogens is 400 g/mol. The summed E-state index contributed by atoms with van der Waals surface area (Å²) in [7, 11) is 0. The molecule has 0 radical (unpaired) electrons. The monoisotopic (exact) mass is 422 g/mol. The van der Waals surface area contributed by atoms with Gasteiger partial charge in [-0.25, -0.2) is 0 Å². The van der Waals surface area contributed by atoms with Gasteiger partial charge in [0.15, 0.2) is 0 Å². The zero-order chi connectivity index (χ0) is 13.4. The molecule has 2 saturated carbocycles. The molecule has 0 spiro atoms. The van der Waals surface area contributed by atoms with Crippen LogP contribution in [0.2, 0.25) is 13.1 Å². The summed E-state index contributed by atoms with van der Waals surface area (Å²) in [5, 5.41) is 0. The molecule has 3 unspecified atom stereocenters. The van der Waals surface area contributed by atoms with Gasteiger partial charge in [0.1, 0.15) is 0 Å². The first kappa shape index (κ1) is 19.7. The molecule has 0 heterocycles. The van der Waals surface area contributed by atoms with Crippen LogP contribution in [0.5, 0.6) is 0 Å². The van der Waals surface area contributed by atoms with Crippen molar-refractivity contribution in [2.45, 2.75) is 45.2 Å². The van der Waals surface area contributed by atoms with Gasteiger partial charge in [0.25, 0.3) is 0 Å². The van der Waals surface area contributed by atoms with Crippen LogP contribution in [0, 0.1) is 17.8 Å². The van der Waals surface area contributed by atoms with Gasteiger partial charge in [0.05, 0.1) is 0 Å². The van der Waals surface area contributed by atoms with E-state index in [-0.39, 0.29) is 24.8 Å². The van der Waals surface area contributed by atoms with Gasteiger partial charge in [-0.1, -0.05) is 0 Å². The maximum atomic E-state index is 12.6. The van der Waals surface area contributed by atoms with Crippen LogP contribution in [0.4, 0.5) is 0 Å². The molecule has 0 aromatic heterocycles. The largest absolute Gasteiger partial charge is 1.00 e. The number of carbonyl (C=O) groups excluding carboxylic acids is 1. The fourth-order valence-electron chi connectivity index (χ4n) is 4.03. The van der Waals surface area contributed by atoms with Gasteiger partial charge in [-0.05, 0) is 0 Å². The molecule has 0 aliphatic heterocycles. The fraction of sp³-hybridized carbons (Fsp3) is 0.667. The zero-order valence-electron chi connectivity index (χ0n) is 12.7. The first-order valence-electron chi connectivity index (χ1n) is 7.69. The quantitative estimate of drug-likeness (QED) is 0.477. The van der Waals surface area contributed by atoms with Gasteiger partial charge < -0.3 is 24.8 Å². The van der Waals surface area contributed by atoms with Crippen molar-refractivity contribution in [1.29, 1.82) is 0 Å². The van der Waals surface area contributed by atoms with E-state index in [4.69, 9.17) is 0 Å². The summed E-state index contributed by atoms with van der Waals surface area (Å²) in [6.45, 7) is 4.85. The molecule has 3 aliphatic carbocycles. The molecule has 3 aliphatic rings. The Balaban J connectivity index is 0.00000110. The summed E-state index contributed by atoms with van der Waals surface area (Å²) in [6, 6.07) is 0. The Morgan fingerprint density at radius 1 is 1.29 bits per heavy atom. The van der Waals surface area contributed by atoms with Crippen LogP contribution in [0.3, 0.4) is 0 Å². The number of rotatable bonds is 4. The summed E-state index contributed by atoms with van der Waals surface area (Å²) in [4.78, 5) is 12.6. The number of hydrogen-bond donors (Lipinski definition) is 1. The first-order chi connectivity index (χ1) is 9.15. The average molecular weight is 425 g/mol. The third kappa shape index (κ3) is 4.34. The van der Waals surface area contributed by atoms with Gasteiger partial charge >= 0.3 is 126 Å². The number of allylic oxidation sites excluding steroid dienone is 4. The number of amides is 1. The standard InChI is InChI=1S/C8H13NO.C5H5.C2H7Si.2ClH.Zr/c9-8(10)7-4-5-1-2-6(7)3-5;1-2-4-5-3-1;1-3-2;;;/h5-7H,1-4H2,(H2,9,10);1-3H,4H2;3H,1-2H3;2*1H;/q;;;;;+3/p-3. The van der Waals surface area contributed by atoms with E-state index in [9.17, 15) is 4.79 Å². The third-order valence-corrected chi connectivity index (χ3v) is 21.6. The maximum absolute atomic E-state index is 12.6. The van der Waals surface area contributed by atoms with E-state index < -0.39 is 27.1 Å². The summed E-state index contributed by atoms with van der Waals surface area (Å²) >= 11 is -1.79. The minimum atomic E-state index is -1.79. The summed E-state index contributed by atoms with van der Waals surface area (Å²) in [6.07, 6.45) is 13.1. The first-order valence-corrected chi connectivity index (χ1v) is 17.3. The molecule has 1 N–H and O–H groups in total. The van der Waals surface area contributed by atoms with Gasteiger partial charge in [0.2, 0.25) is 0 Å². The number of hydrogen-bond acceptors (Lipinski definition) is 1. The van der Waals surface area contributed by atoms with E-state index in [0.29, 0.717) is 11.8 Å². The van der Waals surface area contributed by atoms with Crippen molar-refractivity contribution in [3.05, 3.63) is 21.5 Å². The van der Waals surface area contributed by atoms with Crippen molar-refractivity contribution in [1.82, 2.24) is 3.26 Å². The van der Waals surface area contributed by atoms with Crippen LogP contribution in [0.15, 0.2) is 21.5 Å². The molecule has 1 amide bonds. The minimum Gasteiger partial charge on any atom is -1.00 e. The summed E-state index contributed by atoms with van der Waals surface area (Å²) in [5.74, 6) is 1.71. The van der Waals surface area contributed by atoms with Crippen LogP contribution in [0.25, 0.3) is 0 Å². The molecule has 0 saturated heterocycles. The molecular formula is C15H24Cl2NOSiZr. The van der Waals surface area contributed by atoms with Crippen molar-refractivity contribution < 1.29 is 50.8 Å². The van der Waals surface area contributed by atoms with E-state index in [1.807, 2.05) is 0 Å². The van der Waals surface area contributed by atoms with E-state index in [2.05, 4.69) is 34.6 Å². The average Bonchev–Trinajstić information content (AvgIpc) is 3.10. The maximum Gasteiger partial charge on any atom is -1.00 e. The van der Waals surface area contributed by atoms with E-state index in [0.717, 1.165) is 18.3 Å². The van der Waals surface area contributed by atoms with Crippen molar-refractivity contribution in [3.8, 4) is 0 Å². The Hall–Kier alpha value is 0.630. The number of halogens is 2. The van der Waals surface area contributed by atoms with Crippen LogP contribution in [0.1, 0.15) is 32.1 Å². The topological polar surface area (TPSA) is 29.1 Å². The predicted molar refractivity (Wildman–Crippen MR) is 77.8 cm³/mol. The smallest absolute Gasteiger partial charge is 1.00 e. The Morgan fingerprint density at radius 2 is 2.05 bits per heavy atom. The molecule has 2 nitrogen and oxygen atoms in total. The minimum absolute atomic E-state index is 0. The fourth-order valence-corrected chi connectivity index (χ4v) is 17.8. The molecule has 0 aromatic rings.